The molecule has 1 aromatic heterocycles. The summed E-state index contributed by atoms with van der Waals surface area (Å²) in [6.45, 7) is 2.16. The van der Waals surface area contributed by atoms with Crippen molar-refractivity contribution in [3.8, 4) is 17.6 Å². The fourth-order valence-corrected chi connectivity index (χ4v) is 6.32. The van der Waals surface area contributed by atoms with Gasteiger partial charge in [-0.3, -0.25) is 9.36 Å². The average Bonchev–Trinajstić information content (AvgIpc) is 3.41. The molecule has 1 aliphatic rings. The Hall–Kier alpha value is -5.72. The van der Waals surface area contributed by atoms with Gasteiger partial charge in [0.15, 0.2) is 16.3 Å². The molecule has 46 heavy (non-hydrogen) atoms. The maximum Gasteiger partial charge on any atom is 0.338 e. The summed E-state index contributed by atoms with van der Waals surface area (Å²) in [6.07, 6.45) is 1.76. The van der Waals surface area contributed by atoms with Crippen molar-refractivity contribution in [2.75, 3.05) is 13.7 Å². The van der Waals surface area contributed by atoms with Crippen molar-refractivity contribution in [1.29, 1.82) is 5.26 Å². The van der Waals surface area contributed by atoms with Gasteiger partial charge in [-0.15, -0.1) is 0 Å². The Kier molecular flexibility index (Phi) is 8.90. The van der Waals surface area contributed by atoms with Gasteiger partial charge in [-0.1, -0.05) is 96.3 Å². The van der Waals surface area contributed by atoms with E-state index < -0.39 is 12.0 Å². The van der Waals surface area contributed by atoms with Crippen LogP contribution in [0, 0.1) is 11.3 Å². The van der Waals surface area contributed by atoms with Gasteiger partial charge in [0.05, 0.1) is 47.2 Å². The second kappa shape index (κ2) is 13.5. The van der Waals surface area contributed by atoms with Crippen molar-refractivity contribution in [3.05, 3.63) is 156 Å². The van der Waals surface area contributed by atoms with Gasteiger partial charge in [0, 0.05) is 11.1 Å². The first-order valence-corrected chi connectivity index (χ1v) is 15.5. The largest absolute Gasteiger partial charge is 0.493 e. The number of para-hydroxylation sites is 1. The third-order valence-electron chi connectivity index (χ3n) is 7.47. The molecular weight excluding hydrogens is 598 g/mol. The molecular formula is C37H29N3O5S. The van der Waals surface area contributed by atoms with E-state index in [-0.39, 0.29) is 18.8 Å². The van der Waals surface area contributed by atoms with Crippen molar-refractivity contribution in [1.82, 2.24) is 4.57 Å². The zero-order chi connectivity index (χ0) is 32.0. The zero-order valence-corrected chi connectivity index (χ0v) is 26.0. The average molecular weight is 628 g/mol. The number of nitrogens with zero attached hydrogens (tertiary/aromatic N) is 3. The van der Waals surface area contributed by atoms with Gasteiger partial charge in [0.1, 0.15) is 6.61 Å². The summed E-state index contributed by atoms with van der Waals surface area (Å²) in [5.74, 6) is 0.449. The van der Waals surface area contributed by atoms with Gasteiger partial charge in [-0.2, -0.15) is 5.26 Å². The Morgan fingerprint density at radius 2 is 1.70 bits per heavy atom. The van der Waals surface area contributed by atoms with Crippen LogP contribution in [0.2, 0.25) is 0 Å². The molecule has 8 nitrogen and oxygen atoms in total. The van der Waals surface area contributed by atoms with Gasteiger partial charge < -0.3 is 14.2 Å². The summed E-state index contributed by atoms with van der Waals surface area (Å²) in [6, 6.07) is 32.9. The number of methoxy groups -OCH3 is 1. The van der Waals surface area contributed by atoms with Crippen LogP contribution in [0.25, 0.3) is 11.8 Å². The molecule has 0 spiro atoms. The lowest BCUT2D eigenvalue weighted by Crippen LogP contribution is -2.40. The maximum absolute atomic E-state index is 14.3. The molecule has 0 unspecified atom stereocenters. The zero-order valence-electron chi connectivity index (χ0n) is 25.2. The molecule has 0 bridgehead atoms. The fourth-order valence-electron chi connectivity index (χ4n) is 5.33. The number of hydrogen-bond donors (Lipinski definition) is 0. The first kappa shape index (κ1) is 30.3. The number of aromatic nitrogens is 1. The molecule has 1 aliphatic heterocycles. The quantitative estimate of drug-likeness (QED) is 0.203. The number of benzene rings is 4. The van der Waals surface area contributed by atoms with Gasteiger partial charge in [-0.25, -0.2) is 9.79 Å². The Morgan fingerprint density at radius 1 is 0.978 bits per heavy atom. The van der Waals surface area contributed by atoms with E-state index in [0.29, 0.717) is 43.2 Å². The number of esters is 1. The Balaban J connectivity index is 1.52. The predicted octanol–water partition coefficient (Wildman–Crippen LogP) is 5.39. The minimum atomic E-state index is -0.758. The van der Waals surface area contributed by atoms with Crippen molar-refractivity contribution in [2.45, 2.75) is 19.6 Å². The third-order valence-corrected chi connectivity index (χ3v) is 8.45. The summed E-state index contributed by atoms with van der Waals surface area (Å²) in [7, 11) is 1.56. The van der Waals surface area contributed by atoms with Gasteiger partial charge in [0.2, 0.25) is 0 Å². The van der Waals surface area contributed by atoms with E-state index in [9.17, 15) is 9.59 Å². The predicted molar refractivity (Wildman–Crippen MR) is 176 cm³/mol. The molecule has 9 heteroatoms. The van der Waals surface area contributed by atoms with Crippen LogP contribution in [0.1, 0.15) is 40.8 Å². The Bertz CT molecular complexity index is 2150. The number of carbonyl (C=O) groups excluding carboxylic acids is 1. The number of hydrogen-bond acceptors (Lipinski definition) is 8. The molecule has 5 aromatic rings. The van der Waals surface area contributed by atoms with Crippen LogP contribution in [0.3, 0.4) is 0 Å². The first-order valence-electron chi connectivity index (χ1n) is 14.6. The monoisotopic (exact) mass is 627 g/mol. The van der Waals surface area contributed by atoms with Crippen LogP contribution in [0.15, 0.2) is 118 Å². The van der Waals surface area contributed by atoms with E-state index >= 15 is 0 Å². The molecule has 228 valence electrons. The summed E-state index contributed by atoms with van der Waals surface area (Å²) in [4.78, 5) is 33.3. The molecule has 0 N–H and O–H groups in total. The molecule has 0 radical (unpaired) electrons. The maximum atomic E-state index is 14.3. The van der Waals surface area contributed by atoms with Crippen LogP contribution in [0.5, 0.6) is 11.5 Å². The lowest BCUT2D eigenvalue weighted by Gasteiger charge is -2.25. The topological polar surface area (TPSA) is 103 Å². The van der Waals surface area contributed by atoms with Gasteiger partial charge >= 0.3 is 5.97 Å². The summed E-state index contributed by atoms with van der Waals surface area (Å²) >= 11 is 1.24. The van der Waals surface area contributed by atoms with Gasteiger partial charge in [0.25, 0.3) is 5.56 Å². The van der Waals surface area contributed by atoms with Crippen LogP contribution in [-0.4, -0.2) is 24.3 Å². The number of rotatable bonds is 9. The Morgan fingerprint density at radius 3 is 2.37 bits per heavy atom. The van der Waals surface area contributed by atoms with Crippen molar-refractivity contribution in [3.63, 3.8) is 0 Å². The van der Waals surface area contributed by atoms with E-state index in [1.165, 1.54) is 11.3 Å². The minimum absolute atomic E-state index is 0.178. The third kappa shape index (κ3) is 5.99. The standard InChI is InChI=1S/C37H29N3O5S/c1-3-44-36(42)31-32(26-11-6-4-7-12-26)39-37-40(33(31)27-13-8-5-9-14-27)35(41)30(46-37)21-28-15-10-16-29(43-2)34(28)45-23-25-19-17-24(22-38)18-20-25/h4-21,33H,3,23H2,1-2H3/b30-21-/t33-/m0/s1. The number of ether oxygens (including phenoxy) is 3. The molecule has 1 atom stereocenters. The SMILES string of the molecule is CCOC(=O)C1=C(c2ccccc2)N=c2s/c(=C\c3cccc(OC)c3OCc3ccc(C#N)cc3)c(=O)n2[C@H]1c1ccccc1. The summed E-state index contributed by atoms with van der Waals surface area (Å²) in [5, 5.41) is 9.12. The normalized spacial score (nSPS) is 14.2. The van der Waals surface area contributed by atoms with E-state index in [2.05, 4.69) is 6.07 Å². The highest BCUT2D eigenvalue weighted by Gasteiger charge is 2.35. The lowest BCUT2D eigenvalue weighted by atomic mass is 9.93. The number of carbonyl (C=O) groups is 1. The minimum Gasteiger partial charge on any atom is -0.493 e. The Labute approximate surface area is 269 Å². The number of thiazole rings is 1. The molecule has 0 saturated carbocycles. The highest BCUT2D eigenvalue weighted by molar-refractivity contribution is 7.07. The van der Waals surface area contributed by atoms with E-state index in [4.69, 9.17) is 24.5 Å². The smallest absolute Gasteiger partial charge is 0.338 e. The van der Waals surface area contributed by atoms with E-state index in [1.807, 2.05) is 84.9 Å². The fraction of sp³-hybridized carbons (Fsp3) is 0.135. The highest BCUT2D eigenvalue weighted by atomic mass is 32.1. The first-order chi connectivity index (χ1) is 22.5. The van der Waals surface area contributed by atoms with Crippen molar-refractivity contribution in [2.24, 2.45) is 4.99 Å². The van der Waals surface area contributed by atoms with E-state index in [1.54, 1.807) is 42.9 Å². The summed E-state index contributed by atoms with van der Waals surface area (Å²) < 4.78 is 19.4. The number of nitriles is 1. The summed E-state index contributed by atoms with van der Waals surface area (Å²) in [5.41, 5.74) is 4.05. The van der Waals surface area contributed by atoms with Crippen LogP contribution >= 0.6 is 11.3 Å². The molecule has 0 saturated heterocycles. The van der Waals surface area contributed by atoms with Crippen molar-refractivity contribution < 1.29 is 19.0 Å². The van der Waals surface area contributed by atoms with Gasteiger partial charge in [-0.05, 0) is 42.3 Å². The number of fused-ring (bicyclic) bond motifs is 1. The molecule has 0 aliphatic carbocycles. The van der Waals surface area contributed by atoms with Crippen molar-refractivity contribution >= 4 is 29.1 Å². The molecule has 2 heterocycles. The molecule has 0 amide bonds. The molecule has 6 rings (SSSR count). The van der Waals surface area contributed by atoms with Crippen LogP contribution < -0.4 is 24.4 Å². The molecule has 0 fully saturated rings. The second-order valence-electron chi connectivity index (χ2n) is 10.3. The molecule has 4 aromatic carbocycles. The van der Waals surface area contributed by atoms with E-state index in [0.717, 1.165) is 16.7 Å². The second-order valence-corrected chi connectivity index (χ2v) is 11.3. The van der Waals surface area contributed by atoms with Crippen LogP contribution in [0.4, 0.5) is 0 Å². The van der Waals surface area contributed by atoms with Crippen LogP contribution in [-0.2, 0) is 16.1 Å². The highest BCUT2D eigenvalue weighted by Crippen LogP contribution is 2.35. The lowest BCUT2D eigenvalue weighted by molar-refractivity contribution is -0.138.